The van der Waals surface area contributed by atoms with E-state index in [0.717, 1.165) is 19.4 Å². The van der Waals surface area contributed by atoms with Crippen LogP contribution in [-0.2, 0) is 5.41 Å². The minimum absolute atomic E-state index is 0.106. The van der Waals surface area contributed by atoms with Crippen LogP contribution in [-0.4, -0.2) is 18.1 Å². The van der Waals surface area contributed by atoms with Crippen molar-refractivity contribution in [2.24, 2.45) is 0 Å². The Morgan fingerprint density at radius 2 is 1.58 bits per heavy atom. The van der Waals surface area contributed by atoms with Gasteiger partial charge in [-0.25, -0.2) is 0 Å². The van der Waals surface area contributed by atoms with Gasteiger partial charge in [0.1, 0.15) is 0 Å². The van der Waals surface area contributed by atoms with Crippen LogP contribution in [0.5, 0.6) is 0 Å². The Balaban J connectivity index is 1.68. The van der Waals surface area contributed by atoms with Gasteiger partial charge in [0, 0.05) is 34.5 Å². The number of nitrogens with zero attached hydrogens (tertiary/aromatic N) is 1. The number of allylic oxidation sites excluding steroid dienone is 6. The molecule has 0 unspecified atom stereocenters. The fourth-order valence-electron chi connectivity index (χ4n) is 4.67. The molecule has 1 heterocycles. The van der Waals surface area contributed by atoms with Crippen molar-refractivity contribution < 1.29 is 9.59 Å². The molecule has 0 amide bonds. The predicted octanol–water partition coefficient (Wildman–Crippen LogP) is 6.42. The molecule has 0 spiro atoms. The number of hydrogen-bond acceptors (Lipinski definition) is 3. The summed E-state index contributed by atoms with van der Waals surface area (Å²) in [4.78, 5) is 27.9. The monoisotopic (exact) mass is 411 g/mol. The van der Waals surface area contributed by atoms with Gasteiger partial charge in [-0.15, -0.1) is 0 Å². The van der Waals surface area contributed by atoms with Crippen molar-refractivity contribution in [3.05, 3.63) is 100 Å². The highest BCUT2D eigenvalue weighted by atomic mass is 16.2. The minimum Gasteiger partial charge on any atom is -0.344 e. The summed E-state index contributed by atoms with van der Waals surface area (Å²) >= 11 is 0. The van der Waals surface area contributed by atoms with Crippen molar-refractivity contribution in [2.75, 3.05) is 11.4 Å². The molecule has 0 saturated carbocycles. The van der Waals surface area contributed by atoms with Crippen molar-refractivity contribution in [1.29, 1.82) is 0 Å². The van der Waals surface area contributed by atoms with E-state index in [-0.39, 0.29) is 22.6 Å². The van der Waals surface area contributed by atoms with Gasteiger partial charge in [-0.05, 0) is 36.6 Å². The molecule has 0 radical (unpaired) electrons. The Kier molecular flexibility index (Phi) is 5.53. The van der Waals surface area contributed by atoms with E-state index in [1.54, 1.807) is 24.3 Å². The molecule has 0 bridgehead atoms. The Hall–Kier alpha value is -3.20. The van der Waals surface area contributed by atoms with Gasteiger partial charge in [0.05, 0.1) is 5.57 Å². The zero-order valence-electron chi connectivity index (χ0n) is 18.7. The van der Waals surface area contributed by atoms with E-state index in [9.17, 15) is 9.59 Å². The van der Waals surface area contributed by atoms with E-state index in [1.807, 2.05) is 19.1 Å². The first-order valence-corrected chi connectivity index (χ1v) is 11.0. The lowest BCUT2D eigenvalue weighted by Crippen LogP contribution is -2.26. The summed E-state index contributed by atoms with van der Waals surface area (Å²) in [6.45, 7) is 9.53. The van der Waals surface area contributed by atoms with Crippen molar-refractivity contribution in [2.45, 2.75) is 46.0 Å². The molecule has 4 rings (SSSR count). The summed E-state index contributed by atoms with van der Waals surface area (Å²) in [5, 5.41) is 0. The van der Waals surface area contributed by atoms with E-state index in [1.165, 1.54) is 16.9 Å². The summed E-state index contributed by atoms with van der Waals surface area (Å²) in [6.07, 6.45) is 8.26. The molecule has 0 aromatic heterocycles. The smallest absolute Gasteiger partial charge is 0.197 e. The summed E-state index contributed by atoms with van der Waals surface area (Å²) in [5.74, 6) is -0.345. The Morgan fingerprint density at radius 3 is 2.23 bits per heavy atom. The van der Waals surface area contributed by atoms with E-state index < -0.39 is 0 Å². The average Bonchev–Trinajstić information content (AvgIpc) is 3.15. The highest BCUT2D eigenvalue weighted by Gasteiger charge is 2.39. The average molecular weight is 412 g/mol. The van der Waals surface area contributed by atoms with Gasteiger partial charge in [-0.3, -0.25) is 9.59 Å². The van der Waals surface area contributed by atoms with Crippen LogP contribution >= 0.6 is 0 Å². The molecule has 0 atom stereocenters. The van der Waals surface area contributed by atoms with E-state index in [2.05, 4.69) is 56.0 Å². The number of ketones is 2. The molecule has 0 saturated heterocycles. The minimum atomic E-state index is -0.173. The van der Waals surface area contributed by atoms with E-state index >= 15 is 0 Å². The molecule has 31 heavy (non-hydrogen) atoms. The highest BCUT2D eigenvalue weighted by molar-refractivity contribution is 6.39. The first kappa shape index (κ1) is 21.0. The van der Waals surface area contributed by atoms with Gasteiger partial charge in [0.2, 0.25) is 0 Å². The number of hydrogen-bond donors (Lipinski definition) is 0. The third kappa shape index (κ3) is 3.48. The lowest BCUT2D eigenvalue weighted by molar-refractivity contribution is 0.0987. The molecule has 1 aliphatic heterocycles. The third-order valence-electron chi connectivity index (χ3n) is 6.40. The Labute approximate surface area is 184 Å². The van der Waals surface area contributed by atoms with E-state index in [4.69, 9.17) is 0 Å². The fourth-order valence-corrected chi connectivity index (χ4v) is 4.67. The largest absolute Gasteiger partial charge is 0.344 e. The fraction of sp³-hybridized carbons (Fsp3) is 0.286. The molecule has 0 N–H and O–H groups in total. The lowest BCUT2D eigenvalue weighted by Gasteiger charge is -2.27. The van der Waals surface area contributed by atoms with Crippen LogP contribution in [0.1, 0.15) is 66.8 Å². The van der Waals surface area contributed by atoms with Crippen LogP contribution in [0.2, 0.25) is 0 Å². The van der Waals surface area contributed by atoms with Crippen LogP contribution < -0.4 is 4.90 Å². The second-order valence-electron chi connectivity index (χ2n) is 8.82. The maximum Gasteiger partial charge on any atom is 0.197 e. The summed E-state index contributed by atoms with van der Waals surface area (Å²) in [5.41, 5.74) is 5.74. The number of fused-ring (bicyclic) bond motifs is 2. The molecular formula is C28H29NO2. The van der Waals surface area contributed by atoms with Gasteiger partial charge >= 0.3 is 0 Å². The van der Waals surface area contributed by atoms with Gasteiger partial charge in [0.25, 0.3) is 0 Å². The molecule has 0 fully saturated rings. The van der Waals surface area contributed by atoms with Gasteiger partial charge < -0.3 is 4.90 Å². The van der Waals surface area contributed by atoms with Gasteiger partial charge in [0.15, 0.2) is 11.6 Å². The molecule has 1 aliphatic carbocycles. The number of Topliss-reactive ketones (excluding diaryl/α,β-unsaturated/α-hetero) is 2. The molecule has 158 valence electrons. The number of rotatable bonds is 5. The first-order valence-electron chi connectivity index (χ1n) is 11.0. The zero-order valence-corrected chi connectivity index (χ0v) is 18.7. The molecule has 2 aliphatic rings. The van der Waals surface area contributed by atoms with Crippen LogP contribution in [0.15, 0.2) is 83.6 Å². The number of unbranched alkanes of at least 4 members (excludes halogenated alkanes) is 1. The van der Waals surface area contributed by atoms with Crippen molar-refractivity contribution in [1.82, 2.24) is 0 Å². The number of carbonyl (C=O) groups excluding carboxylic acids is 2. The second kappa shape index (κ2) is 8.14. The van der Waals surface area contributed by atoms with Crippen LogP contribution in [0.4, 0.5) is 5.69 Å². The number of para-hydroxylation sites is 1. The van der Waals surface area contributed by atoms with Crippen LogP contribution in [0.3, 0.4) is 0 Å². The molecule has 3 heteroatoms. The van der Waals surface area contributed by atoms with Crippen LogP contribution in [0.25, 0.3) is 0 Å². The SMILES string of the molecule is CCCCN1/C(=C/C=C/C(C)=C2C(=O)c3ccccc3C2=O)C(C)(C)c2ccccc21. The Bertz CT molecular complexity index is 1110. The standard InChI is InChI=1S/C28H29NO2/c1-5-6-18-29-23-16-10-9-15-22(23)28(3,4)24(29)17-11-12-19(2)25-26(30)20-13-7-8-14-21(20)27(25)31/h7-17H,5-6,18H2,1-4H3/b12-11+,24-17+. The summed E-state index contributed by atoms with van der Waals surface area (Å²) in [6, 6.07) is 15.6. The Morgan fingerprint density at radius 1 is 0.968 bits per heavy atom. The van der Waals surface area contributed by atoms with Crippen molar-refractivity contribution in [3.8, 4) is 0 Å². The topological polar surface area (TPSA) is 37.4 Å². The van der Waals surface area contributed by atoms with Crippen molar-refractivity contribution in [3.63, 3.8) is 0 Å². The second-order valence-corrected chi connectivity index (χ2v) is 8.82. The normalized spacial score (nSPS) is 18.3. The maximum atomic E-state index is 12.8. The van der Waals surface area contributed by atoms with Crippen molar-refractivity contribution >= 4 is 17.3 Å². The summed E-state index contributed by atoms with van der Waals surface area (Å²) in [7, 11) is 0. The van der Waals surface area contributed by atoms with Crippen LogP contribution in [0, 0.1) is 0 Å². The molecule has 3 nitrogen and oxygen atoms in total. The quantitative estimate of drug-likeness (QED) is 0.421. The zero-order chi connectivity index (χ0) is 22.2. The number of benzene rings is 2. The van der Waals surface area contributed by atoms with E-state index in [0.29, 0.717) is 16.7 Å². The lowest BCUT2D eigenvalue weighted by atomic mass is 9.83. The highest BCUT2D eigenvalue weighted by Crippen LogP contribution is 2.47. The summed E-state index contributed by atoms with van der Waals surface area (Å²) < 4.78 is 0. The van der Waals surface area contributed by atoms with Gasteiger partial charge in [-0.1, -0.05) is 81.8 Å². The molecule has 2 aromatic carbocycles. The third-order valence-corrected chi connectivity index (χ3v) is 6.40. The number of carbonyl (C=O) groups is 2. The van der Waals surface area contributed by atoms with Gasteiger partial charge in [-0.2, -0.15) is 0 Å². The molecule has 2 aromatic rings. The first-order chi connectivity index (χ1) is 14.9. The predicted molar refractivity (Wildman–Crippen MR) is 127 cm³/mol. The molecular weight excluding hydrogens is 382 g/mol. The maximum absolute atomic E-state index is 12.8. The number of anilines is 1.